The molecule has 0 spiro atoms. The van der Waals surface area contributed by atoms with Crippen LogP contribution in [0.4, 0.5) is 6.01 Å². The highest BCUT2D eigenvalue weighted by atomic mass is 16.5. The van der Waals surface area contributed by atoms with Crippen molar-refractivity contribution < 1.29 is 28.2 Å². The van der Waals surface area contributed by atoms with E-state index in [1.807, 2.05) is 6.92 Å². The highest BCUT2D eigenvalue weighted by Gasteiger charge is 2.19. The molecule has 3 aromatic rings. The smallest absolute Gasteiger partial charge is 0.322 e. The minimum atomic E-state index is -0.467. The molecule has 0 aliphatic carbocycles. The molecule has 152 valence electrons. The van der Waals surface area contributed by atoms with Crippen molar-refractivity contribution in [2.75, 3.05) is 33.3 Å². The molecule has 0 bridgehead atoms. The van der Waals surface area contributed by atoms with E-state index in [4.69, 9.17) is 23.4 Å². The van der Waals surface area contributed by atoms with Gasteiger partial charge in [0.25, 0.3) is 5.91 Å². The third-order valence-corrected chi connectivity index (χ3v) is 3.98. The van der Waals surface area contributed by atoms with E-state index in [9.17, 15) is 4.79 Å². The van der Waals surface area contributed by atoms with Crippen LogP contribution in [0.25, 0.3) is 11.5 Å². The van der Waals surface area contributed by atoms with E-state index in [1.165, 1.54) is 33.5 Å². The maximum Gasteiger partial charge on any atom is 0.322 e. The van der Waals surface area contributed by atoms with E-state index in [-0.39, 0.29) is 17.5 Å². The second-order valence-electron chi connectivity index (χ2n) is 5.74. The first-order valence-corrected chi connectivity index (χ1v) is 8.77. The fourth-order valence-corrected chi connectivity index (χ4v) is 2.63. The fourth-order valence-electron chi connectivity index (χ4n) is 2.63. The Hall–Kier alpha value is -3.75. The molecule has 0 unspecified atom stereocenters. The molecule has 0 radical (unpaired) electrons. The van der Waals surface area contributed by atoms with Crippen LogP contribution in [-0.4, -0.2) is 44.0 Å². The Morgan fingerprint density at radius 1 is 1.00 bits per heavy atom. The zero-order chi connectivity index (χ0) is 20.8. The van der Waals surface area contributed by atoms with E-state index in [0.29, 0.717) is 29.4 Å². The molecule has 0 aliphatic rings. The monoisotopic (exact) mass is 399 g/mol. The van der Waals surface area contributed by atoms with Gasteiger partial charge in [0.2, 0.25) is 11.6 Å². The first-order chi connectivity index (χ1) is 14.1. The fraction of sp³-hybridized carbons (Fsp3) is 0.250. The van der Waals surface area contributed by atoms with Crippen LogP contribution in [0.1, 0.15) is 17.3 Å². The summed E-state index contributed by atoms with van der Waals surface area (Å²) in [5.41, 5.74) is 0.981. The molecule has 0 saturated carbocycles. The third-order valence-electron chi connectivity index (χ3n) is 3.98. The van der Waals surface area contributed by atoms with Crippen LogP contribution in [0, 0.1) is 0 Å². The molecule has 2 aromatic carbocycles. The van der Waals surface area contributed by atoms with E-state index >= 15 is 0 Å². The van der Waals surface area contributed by atoms with Gasteiger partial charge < -0.3 is 23.4 Å². The van der Waals surface area contributed by atoms with E-state index in [2.05, 4.69) is 15.5 Å². The van der Waals surface area contributed by atoms with Gasteiger partial charge in [0.05, 0.1) is 27.9 Å². The Bertz CT molecular complexity index is 959. The molecule has 29 heavy (non-hydrogen) atoms. The van der Waals surface area contributed by atoms with Gasteiger partial charge in [0.15, 0.2) is 11.5 Å². The number of benzene rings is 2. The average molecular weight is 399 g/mol. The quantitative estimate of drug-likeness (QED) is 0.614. The molecular formula is C20H21N3O6. The Kier molecular flexibility index (Phi) is 6.18. The molecule has 0 aliphatic heterocycles. The first kappa shape index (κ1) is 20.0. The lowest BCUT2D eigenvalue weighted by molar-refractivity contribution is 0.102. The van der Waals surface area contributed by atoms with Crippen LogP contribution in [-0.2, 0) is 0 Å². The topological polar surface area (TPSA) is 105 Å². The number of carbonyl (C=O) groups excluding carboxylic acids is 1. The van der Waals surface area contributed by atoms with Gasteiger partial charge in [0, 0.05) is 11.1 Å². The average Bonchev–Trinajstić information content (AvgIpc) is 3.21. The number of rotatable bonds is 8. The van der Waals surface area contributed by atoms with Gasteiger partial charge in [-0.1, -0.05) is 5.10 Å². The number of ether oxygens (including phenoxy) is 4. The van der Waals surface area contributed by atoms with Crippen molar-refractivity contribution in [2.24, 2.45) is 0 Å². The zero-order valence-electron chi connectivity index (χ0n) is 16.5. The van der Waals surface area contributed by atoms with Crippen LogP contribution in [0.3, 0.4) is 0 Å². The largest absolute Gasteiger partial charge is 0.494 e. The maximum absolute atomic E-state index is 12.6. The second-order valence-corrected chi connectivity index (χ2v) is 5.74. The molecule has 0 fully saturated rings. The number of carbonyl (C=O) groups is 1. The van der Waals surface area contributed by atoms with Crippen molar-refractivity contribution in [3.63, 3.8) is 0 Å². The summed E-state index contributed by atoms with van der Waals surface area (Å²) in [6.07, 6.45) is 0. The Labute approximate surface area is 167 Å². The standard InChI is InChI=1S/C20H21N3O6/c1-5-28-14-8-6-12(7-9-14)19-22-23-20(29-19)21-18(24)13-10-15(25-2)17(27-4)16(11-13)26-3/h6-11H,5H2,1-4H3,(H,21,23,24). The Balaban J connectivity index is 1.78. The first-order valence-electron chi connectivity index (χ1n) is 8.77. The lowest BCUT2D eigenvalue weighted by Crippen LogP contribution is -2.13. The van der Waals surface area contributed by atoms with Crippen LogP contribution in [0.15, 0.2) is 40.8 Å². The van der Waals surface area contributed by atoms with Crippen molar-refractivity contribution in [3.8, 4) is 34.5 Å². The predicted molar refractivity (Wildman–Crippen MR) is 105 cm³/mol. The maximum atomic E-state index is 12.6. The van der Waals surface area contributed by atoms with Gasteiger partial charge in [-0.25, -0.2) is 0 Å². The molecule has 1 aromatic heterocycles. The molecular weight excluding hydrogens is 378 g/mol. The van der Waals surface area contributed by atoms with Gasteiger partial charge >= 0.3 is 6.01 Å². The van der Waals surface area contributed by atoms with Gasteiger partial charge in [-0.15, -0.1) is 5.10 Å². The lowest BCUT2D eigenvalue weighted by atomic mass is 10.1. The van der Waals surface area contributed by atoms with Crippen molar-refractivity contribution in [2.45, 2.75) is 6.92 Å². The van der Waals surface area contributed by atoms with Gasteiger partial charge in [-0.05, 0) is 43.3 Å². The Morgan fingerprint density at radius 2 is 1.66 bits per heavy atom. The van der Waals surface area contributed by atoms with Crippen LogP contribution < -0.4 is 24.3 Å². The highest BCUT2D eigenvalue weighted by molar-refractivity contribution is 6.04. The summed E-state index contributed by atoms with van der Waals surface area (Å²) < 4.78 is 26.7. The van der Waals surface area contributed by atoms with Crippen LogP contribution in [0.5, 0.6) is 23.0 Å². The number of methoxy groups -OCH3 is 3. The number of hydrogen-bond donors (Lipinski definition) is 1. The van der Waals surface area contributed by atoms with Crippen molar-refractivity contribution in [3.05, 3.63) is 42.0 Å². The SMILES string of the molecule is CCOc1ccc(-c2nnc(NC(=O)c3cc(OC)c(OC)c(OC)c3)o2)cc1. The highest BCUT2D eigenvalue weighted by Crippen LogP contribution is 2.38. The van der Waals surface area contributed by atoms with E-state index in [0.717, 1.165) is 5.75 Å². The summed E-state index contributed by atoms with van der Waals surface area (Å²) in [7, 11) is 4.43. The van der Waals surface area contributed by atoms with Gasteiger partial charge in [0.1, 0.15) is 5.75 Å². The van der Waals surface area contributed by atoms with Crippen molar-refractivity contribution in [1.82, 2.24) is 10.2 Å². The number of aromatic nitrogens is 2. The number of hydrogen-bond acceptors (Lipinski definition) is 8. The number of nitrogens with one attached hydrogen (secondary N) is 1. The summed E-state index contributed by atoms with van der Waals surface area (Å²) in [4.78, 5) is 12.6. The van der Waals surface area contributed by atoms with Gasteiger partial charge in [-0.3, -0.25) is 10.1 Å². The third kappa shape index (κ3) is 4.40. The van der Waals surface area contributed by atoms with Gasteiger partial charge in [-0.2, -0.15) is 0 Å². The number of nitrogens with zero attached hydrogens (tertiary/aromatic N) is 2. The van der Waals surface area contributed by atoms with Crippen LogP contribution in [0.2, 0.25) is 0 Å². The molecule has 1 N–H and O–H groups in total. The van der Waals surface area contributed by atoms with Crippen molar-refractivity contribution >= 4 is 11.9 Å². The Morgan fingerprint density at radius 3 is 2.21 bits per heavy atom. The predicted octanol–water partition coefficient (Wildman–Crippen LogP) is 3.41. The molecule has 0 saturated heterocycles. The minimum absolute atomic E-state index is 0.0346. The summed E-state index contributed by atoms with van der Waals surface area (Å²) in [5, 5.41) is 10.4. The summed E-state index contributed by atoms with van der Waals surface area (Å²) in [6.45, 7) is 2.49. The lowest BCUT2D eigenvalue weighted by Gasteiger charge is -2.13. The summed E-state index contributed by atoms with van der Waals surface area (Å²) in [6, 6.07) is 10.2. The molecule has 1 amide bonds. The normalized spacial score (nSPS) is 10.3. The molecule has 0 atom stereocenters. The number of anilines is 1. The van der Waals surface area contributed by atoms with Crippen molar-refractivity contribution in [1.29, 1.82) is 0 Å². The molecule has 9 heteroatoms. The number of amides is 1. The molecule has 9 nitrogen and oxygen atoms in total. The second kappa shape index (κ2) is 8.96. The zero-order valence-corrected chi connectivity index (χ0v) is 16.5. The summed E-state index contributed by atoms with van der Waals surface area (Å²) in [5.74, 6) is 1.66. The molecule has 1 heterocycles. The van der Waals surface area contributed by atoms with Crippen LogP contribution >= 0.6 is 0 Å². The van der Waals surface area contributed by atoms with E-state index in [1.54, 1.807) is 24.3 Å². The minimum Gasteiger partial charge on any atom is -0.494 e. The van der Waals surface area contributed by atoms with E-state index < -0.39 is 5.91 Å². The molecule has 3 rings (SSSR count). The summed E-state index contributed by atoms with van der Waals surface area (Å²) >= 11 is 0.